The highest BCUT2D eigenvalue weighted by Gasteiger charge is 2.09. The average molecular weight is 207 g/mol. The molecule has 0 saturated carbocycles. The average Bonchev–Trinajstić information content (AvgIpc) is 2.39. The summed E-state index contributed by atoms with van der Waals surface area (Å²) in [5, 5.41) is 0. The Morgan fingerprint density at radius 1 is 1.36 bits per heavy atom. The van der Waals surface area contributed by atoms with Crippen molar-refractivity contribution < 1.29 is 0 Å². The van der Waals surface area contributed by atoms with Crippen LogP contribution in [0.15, 0.2) is 23.0 Å². The zero-order chi connectivity index (χ0) is 10.3. The molecule has 1 aromatic heterocycles. The van der Waals surface area contributed by atoms with Gasteiger partial charge in [-0.1, -0.05) is 17.4 Å². The highest BCUT2D eigenvalue weighted by molar-refractivity contribution is 7.16. The molecule has 0 atom stereocenters. The summed E-state index contributed by atoms with van der Waals surface area (Å²) in [6, 6.07) is 6.38. The Morgan fingerprint density at radius 2 is 2.07 bits per heavy atom. The third kappa shape index (κ3) is 1.38. The van der Waals surface area contributed by atoms with Crippen LogP contribution in [0.4, 0.5) is 0 Å². The van der Waals surface area contributed by atoms with E-state index in [1.165, 1.54) is 16.9 Å². The first-order valence-electron chi connectivity index (χ1n) is 4.71. The quantitative estimate of drug-likeness (QED) is 0.704. The monoisotopic (exact) mass is 207 g/mol. The van der Waals surface area contributed by atoms with Crippen molar-refractivity contribution in [1.29, 1.82) is 0 Å². The van der Waals surface area contributed by atoms with Gasteiger partial charge in [0.25, 0.3) is 0 Å². The minimum Gasteiger partial charge on any atom is -0.296 e. The maximum atomic E-state index is 11.7. The van der Waals surface area contributed by atoms with Gasteiger partial charge in [-0.05, 0) is 38.5 Å². The highest BCUT2D eigenvalue weighted by atomic mass is 32.1. The molecule has 2 rings (SSSR count). The van der Waals surface area contributed by atoms with E-state index in [-0.39, 0.29) is 10.9 Å². The molecule has 0 aliphatic carbocycles. The second kappa shape index (κ2) is 3.24. The summed E-state index contributed by atoms with van der Waals surface area (Å²) in [5.74, 6) is 0. The molecule has 0 aliphatic rings. The molecule has 14 heavy (non-hydrogen) atoms. The summed E-state index contributed by atoms with van der Waals surface area (Å²) in [5.41, 5.74) is 2.26. The fourth-order valence-corrected chi connectivity index (χ4v) is 2.74. The SMILES string of the molecule is Cc1ccc2c(c1)sc(=O)n2C(C)C. The van der Waals surface area contributed by atoms with Crippen LogP contribution in [0.3, 0.4) is 0 Å². The predicted molar refractivity (Wildman–Crippen MR) is 61.2 cm³/mol. The summed E-state index contributed by atoms with van der Waals surface area (Å²) < 4.78 is 2.93. The predicted octanol–water partition coefficient (Wildman–Crippen LogP) is 2.95. The lowest BCUT2D eigenvalue weighted by atomic mass is 10.2. The maximum Gasteiger partial charge on any atom is 0.308 e. The van der Waals surface area contributed by atoms with E-state index in [0.29, 0.717) is 0 Å². The lowest BCUT2D eigenvalue weighted by Gasteiger charge is -2.06. The van der Waals surface area contributed by atoms with Crippen molar-refractivity contribution in [3.63, 3.8) is 0 Å². The van der Waals surface area contributed by atoms with E-state index >= 15 is 0 Å². The van der Waals surface area contributed by atoms with Gasteiger partial charge >= 0.3 is 4.87 Å². The Balaban J connectivity index is 2.84. The molecule has 2 nitrogen and oxygen atoms in total. The van der Waals surface area contributed by atoms with Crippen molar-refractivity contribution in [2.75, 3.05) is 0 Å². The molecule has 0 amide bonds. The van der Waals surface area contributed by atoms with Gasteiger partial charge in [0.2, 0.25) is 0 Å². The molecule has 3 heteroatoms. The molecule has 0 N–H and O–H groups in total. The topological polar surface area (TPSA) is 22.0 Å². The number of fused-ring (bicyclic) bond motifs is 1. The minimum atomic E-state index is 0.139. The minimum absolute atomic E-state index is 0.139. The van der Waals surface area contributed by atoms with E-state index in [9.17, 15) is 4.79 Å². The van der Waals surface area contributed by atoms with Crippen molar-refractivity contribution in [3.8, 4) is 0 Å². The molecule has 0 spiro atoms. The molecule has 0 unspecified atom stereocenters. The number of aryl methyl sites for hydroxylation is 1. The van der Waals surface area contributed by atoms with Crippen LogP contribution in [-0.2, 0) is 0 Å². The molecule has 74 valence electrons. The second-order valence-electron chi connectivity index (χ2n) is 3.80. The van der Waals surface area contributed by atoms with Crippen LogP contribution in [0, 0.1) is 6.92 Å². The number of benzene rings is 1. The van der Waals surface area contributed by atoms with Crippen LogP contribution in [0.5, 0.6) is 0 Å². The van der Waals surface area contributed by atoms with Gasteiger partial charge in [0.15, 0.2) is 0 Å². The first-order chi connectivity index (χ1) is 6.59. The molecule has 2 aromatic rings. The van der Waals surface area contributed by atoms with E-state index in [4.69, 9.17) is 0 Å². The molecule has 0 bridgehead atoms. The van der Waals surface area contributed by atoms with Gasteiger partial charge in [-0.25, -0.2) is 0 Å². The van der Waals surface area contributed by atoms with E-state index in [2.05, 4.69) is 6.07 Å². The van der Waals surface area contributed by atoms with Gasteiger partial charge in [0, 0.05) is 6.04 Å². The number of aromatic nitrogens is 1. The maximum absolute atomic E-state index is 11.7. The van der Waals surface area contributed by atoms with Gasteiger partial charge in [-0.15, -0.1) is 0 Å². The van der Waals surface area contributed by atoms with E-state index in [1.54, 1.807) is 0 Å². The van der Waals surface area contributed by atoms with Crippen LogP contribution in [-0.4, -0.2) is 4.57 Å². The second-order valence-corrected chi connectivity index (χ2v) is 4.80. The van der Waals surface area contributed by atoms with Crippen molar-refractivity contribution in [3.05, 3.63) is 33.4 Å². The summed E-state index contributed by atoms with van der Waals surface area (Å²) in [4.78, 5) is 11.8. The zero-order valence-corrected chi connectivity index (χ0v) is 9.39. The lowest BCUT2D eigenvalue weighted by Crippen LogP contribution is -2.14. The molecule has 0 radical (unpaired) electrons. The van der Waals surface area contributed by atoms with E-state index in [0.717, 1.165) is 10.2 Å². The Bertz CT molecular complexity index is 522. The Labute approximate surface area is 86.8 Å². The fourth-order valence-electron chi connectivity index (χ4n) is 1.63. The third-order valence-electron chi connectivity index (χ3n) is 2.29. The van der Waals surface area contributed by atoms with E-state index < -0.39 is 0 Å². The number of rotatable bonds is 1. The first kappa shape index (κ1) is 9.46. The Hall–Kier alpha value is -1.09. The van der Waals surface area contributed by atoms with Gasteiger partial charge in [-0.2, -0.15) is 0 Å². The summed E-state index contributed by atoms with van der Waals surface area (Å²) in [6.45, 7) is 6.12. The fraction of sp³-hybridized carbons (Fsp3) is 0.364. The largest absolute Gasteiger partial charge is 0.308 e. The molecule has 1 aromatic carbocycles. The Morgan fingerprint density at radius 3 is 2.71 bits per heavy atom. The first-order valence-corrected chi connectivity index (χ1v) is 5.53. The van der Waals surface area contributed by atoms with E-state index in [1.807, 2.05) is 37.5 Å². The van der Waals surface area contributed by atoms with Crippen molar-refractivity contribution in [1.82, 2.24) is 4.57 Å². The van der Waals surface area contributed by atoms with Gasteiger partial charge in [0.05, 0.1) is 10.2 Å². The molecular formula is C11H13NOS. The standard InChI is InChI=1S/C11H13NOS/c1-7(2)12-9-5-4-8(3)6-10(9)14-11(12)13/h4-7H,1-3H3. The molecule has 0 fully saturated rings. The molecule has 1 heterocycles. The van der Waals surface area contributed by atoms with Crippen LogP contribution in [0.1, 0.15) is 25.5 Å². The molecule has 0 aliphatic heterocycles. The smallest absolute Gasteiger partial charge is 0.296 e. The van der Waals surface area contributed by atoms with Crippen LogP contribution >= 0.6 is 11.3 Å². The normalized spacial score (nSPS) is 11.4. The number of thiazole rings is 1. The number of hydrogen-bond acceptors (Lipinski definition) is 2. The summed E-state index contributed by atoms with van der Waals surface area (Å²) >= 11 is 1.33. The number of nitrogens with zero attached hydrogens (tertiary/aromatic N) is 1. The third-order valence-corrected chi connectivity index (χ3v) is 3.20. The molecular weight excluding hydrogens is 194 g/mol. The van der Waals surface area contributed by atoms with Crippen molar-refractivity contribution in [2.45, 2.75) is 26.8 Å². The van der Waals surface area contributed by atoms with Crippen molar-refractivity contribution >= 4 is 21.6 Å². The van der Waals surface area contributed by atoms with Gasteiger partial charge < -0.3 is 0 Å². The number of hydrogen-bond donors (Lipinski definition) is 0. The van der Waals surface area contributed by atoms with Crippen LogP contribution < -0.4 is 4.87 Å². The Kier molecular flexibility index (Phi) is 2.19. The van der Waals surface area contributed by atoms with Gasteiger partial charge in [-0.3, -0.25) is 9.36 Å². The molecule has 0 saturated heterocycles. The van der Waals surface area contributed by atoms with Crippen LogP contribution in [0.2, 0.25) is 0 Å². The van der Waals surface area contributed by atoms with Crippen molar-refractivity contribution in [2.24, 2.45) is 0 Å². The van der Waals surface area contributed by atoms with Crippen LogP contribution in [0.25, 0.3) is 10.2 Å². The highest BCUT2D eigenvalue weighted by Crippen LogP contribution is 2.21. The summed E-state index contributed by atoms with van der Waals surface area (Å²) in [7, 11) is 0. The zero-order valence-electron chi connectivity index (χ0n) is 8.57. The summed E-state index contributed by atoms with van der Waals surface area (Å²) in [6.07, 6.45) is 0. The van der Waals surface area contributed by atoms with Gasteiger partial charge in [0.1, 0.15) is 0 Å². The lowest BCUT2D eigenvalue weighted by molar-refractivity contribution is 0.611.